The first-order valence-corrected chi connectivity index (χ1v) is 8.25. The van der Waals surface area contributed by atoms with E-state index < -0.39 is 0 Å². The minimum absolute atomic E-state index is 0.266. The van der Waals surface area contributed by atoms with Crippen molar-refractivity contribution < 1.29 is 9.18 Å². The first-order chi connectivity index (χ1) is 11.6. The predicted octanol–water partition coefficient (Wildman–Crippen LogP) is 3.80. The number of carbonyl (C=O) groups is 1. The SMILES string of the molecule is Cc1ccc(F)cc1NC(=O)c1ccc(CSc2ncn[nH]2)cc1. The van der Waals surface area contributed by atoms with Gasteiger partial charge in [0.15, 0.2) is 5.16 Å². The van der Waals surface area contributed by atoms with Crippen LogP contribution >= 0.6 is 11.8 Å². The molecule has 0 radical (unpaired) electrons. The third-order valence-electron chi connectivity index (χ3n) is 3.43. The molecule has 0 bridgehead atoms. The fourth-order valence-electron chi connectivity index (χ4n) is 2.09. The Morgan fingerprint density at radius 1 is 1.25 bits per heavy atom. The number of amides is 1. The molecule has 0 fully saturated rings. The molecule has 0 atom stereocenters. The summed E-state index contributed by atoms with van der Waals surface area (Å²) in [7, 11) is 0. The Bertz CT molecular complexity index is 834. The van der Waals surface area contributed by atoms with Gasteiger partial charge in [0.1, 0.15) is 12.1 Å². The molecule has 3 rings (SSSR count). The number of hydrogen-bond acceptors (Lipinski definition) is 4. The van der Waals surface area contributed by atoms with Gasteiger partial charge < -0.3 is 5.32 Å². The molecular formula is C17H15FN4OS. The normalized spacial score (nSPS) is 10.6. The zero-order chi connectivity index (χ0) is 16.9. The van der Waals surface area contributed by atoms with E-state index in [2.05, 4.69) is 20.5 Å². The average Bonchev–Trinajstić information content (AvgIpc) is 3.10. The van der Waals surface area contributed by atoms with Crippen LogP contribution in [0.4, 0.5) is 10.1 Å². The molecule has 2 aromatic carbocycles. The first kappa shape index (κ1) is 16.2. The Balaban J connectivity index is 1.64. The molecule has 1 amide bonds. The summed E-state index contributed by atoms with van der Waals surface area (Å²) >= 11 is 1.53. The molecule has 0 aliphatic heterocycles. The molecule has 122 valence electrons. The van der Waals surface area contributed by atoms with E-state index in [-0.39, 0.29) is 11.7 Å². The number of aromatic nitrogens is 3. The van der Waals surface area contributed by atoms with Crippen LogP contribution in [0.5, 0.6) is 0 Å². The van der Waals surface area contributed by atoms with E-state index in [4.69, 9.17) is 0 Å². The van der Waals surface area contributed by atoms with Gasteiger partial charge in [0.2, 0.25) is 0 Å². The summed E-state index contributed by atoms with van der Waals surface area (Å²) in [5.74, 6) is 0.0777. The Hall–Kier alpha value is -2.67. The van der Waals surface area contributed by atoms with E-state index in [0.717, 1.165) is 22.0 Å². The van der Waals surface area contributed by atoms with Crippen molar-refractivity contribution in [2.24, 2.45) is 0 Å². The highest BCUT2D eigenvalue weighted by Gasteiger charge is 2.09. The average molecular weight is 342 g/mol. The Kier molecular flexibility index (Phi) is 4.90. The van der Waals surface area contributed by atoms with E-state index in [9.17, 15) is 9.18 Å². The number of rotatable bonds is 5. The monoisotopic (exact) mass is 342 g/mol. The van der Waals surface area contributed by atoms with Gasteiger partial charge in [-0.3, -0.25) is 9.89 Å². The molecule has 0 aliphatic carbocycles. The number of benzene rings is 2. The Labute approximate surface area is 142 Å². The second-order valence-corrected chi connectivity index (χ2v) is 6.15. The molecule has 0 saturated carbocycles. The molecule has 2 N–H and O–H groups in total. The van der Waals surface area contributed by atoms with Crippen molar-refractivity contribution in [2.45, 2.75) is 17.8 Å². The van der Waals surface area contributed by atoms with Gasteiger partial charge in [-0.05, 0) is 42.3 Å². The van der Waals surface area contributed by atoms with Gasteiger partial charge in [-0.1, -0.05) is 30.0 Å². The van der Waals surface area contributed by atoms with Crippen LogP contribution in [0.15, 0.2) is 53.9 Å². The Morgan fingerprint density at radius 2 is 2.04 bits per heavy atom. The highest BCUT2D eigenvalue weighted by Crippen LogP contribution is 2.20. The fraction of sp³-hybridized carbons (Fsp3) is 0.118. The predicted molar refractivity (Wildman–Crippen MR) is 91.5 cm³/mol. The first-order valence-electron chi connectivity index (χ1n) is 7.26. The molecular weight excluding hydrogens is 327 g/mol. The van der Waals surface area contributed by atoms with Gasteiger partial charge >= 0.3 is 0 Å². The van der Waals surface area contributed by atoms with Gasteiger partial charge in [0, 0.05) is 17.0 Å². The number of thioether (sulfide) groups is 1. The van der Waals surface area contributed by atoms with Crippen molar-refractivity contribution in [3.8, 4) is 0 Å². The molecule has 1 aromatic heterocycles. The lowest BCUT2D eigenvalue weighted by Gasteiger charge is -2.09. The number of nitrogens with zero attached hydrogens (tertiary/aromatic N) is 2. The van der Waals surface area contributed by atoms with E-state index >= 15 is 0 Å². The van der Waals surface area contributed by atoms with E-state index in [0.29, 0.717) is 11.3 Å². The zero-order valence-electron chi connectivity index (χ0n) is 12.9. The van der Waals surface area contributed by atoms with Crippen LogP contribution in [0.25, 0.3) is 0 Å². The number of anilines is 1. The van der Waals surface area contributed by atoms with E-state index in [1.807, 2.05) is 19.1 Å². The summed E-state index contributed by atoms with van der Waals surface area (Å²) in [4.78, 5) is 16.3. The van der Waals surface area contributed by atoms with Crippen molar-refractivity contribution in [2.75, 3.05) is 5.32 Å². The smallest absolute Gasteiger partial charge is 0.255 e. The third-order valence-corrected chi connectivity index (χ3v) is 4.38. The summed E-state index contributed by atoms with van der Waals surface area (Å²) in [5, 5.41) is 10.1. The summed E-state index contributed by atoms with van der Waals surface area (Å²) < 4.78 is 13.3. The summed E-state index contributed by atoms with van der Waals surface area (Å²) in [6, 6.07) is 11.6. The number of H-pyrrole nitrogens is 1. The summed E-state index contributed by atoms with van der Waals surface area (Å²) in [5.41, 5.74) is 2.87. The molecule has 24 heavy (non-hydrogen) atoms. The minimum Gasteiger partial charge on any atom is -0.322 e. The van der Waals surface area contributed by atoms with Crippen molar-refractivity contribution in [3.63, 3.8) is 0 Å². The van der Waals surface area contributed by atoms with Gasteiger partial charge in [0.05, 0.1) is 0 Å². The van der Waals surface area contributed by atoms with Crippen LogP contribution in [0.3, 0.4) is 0 Å². The van der Waals surface area contributed by atoms with Crippen molar-refractivity contribution in [1.82, 2.24) is 15.2 Å². The quantitative estimate of drug-likeness (QED) is 0.692. The van der Waals surface area contributed by atoms with Crippen LogP contribution in [0, 0.1) is 12.7 Å². The third kappa shape index (κ3) is 3.99. The van der Waals surface area contributed by atoms with Crippen LogP contribution < -0.4 is 5.32 Å². The Morgan fingerprint density at radius 3 is 2.75 bits per heavy atom. The highest BCUT2D eigenvalue weighted by molar-refractivity contribution is 7.98. The van der Waals surface area contributed by atoms with E-state index in [1.165, 1.54) is 30.2 Å². The second-order valence-electron chi connectivity index (χ2n) is 5.19. The highest BCUT2D eigenvalue weighted by atomic mass is 32.2. The molecule has 0 saturated heterocycles. The maximum absolute atomic E-state index is 13.3. The van der Waals surface area contributed by atoms with Gasteiger partial charge in [-0.25, -0.2) is 9.37 Å². The summed E-state index contributed by atoms with van der Waals surface area (Å²) in [6.45, 7) is 1.82. The minimum atomic E-state index is -0.379. The summed E-state index contributed by atoms with van der Waals surface area (Å²) in [6.07, 6.45) is 1.46. The number of aryl methyl sites for hydroxylation is 1. The van der Waals surface area contributed by atoms with Crippen LogP contribution in [-0.2, 0) is 5.75 Å². The van der Waals surface area contributed by atoms with Crippen molar-refractivity contribution >= 4 is 23.4 Å². The second kappa shape index (κ2) is 7.27. The number of nitrogens with one attached hydrogen (secondary N) is 2. The van der Waals surface area contributed by atoms with E-state index in [1.54, 1.807) is 18.2 Å². The molecule has 0 aliphatic rings. The molecule has 0 spiro atoms. The van der Waals surface area contributed by atoms with Gasteiger partial charge in [-0.15, -0.1) is 0 Å². The number of halogens is 1. The van der Waals surface area contributed by atoms with Crippen molar-refractivity contribution in [1.29, 1.82) is 0 Å². The topological polar surface area (TPSA) is 70.7 Å². The van der Waals surface area contributed by atoms with Crippen molar-refractivity contribution in [3.05, 3.63) is 71.3 Å². The molecule has 3 aromatic rings. The molecule has 7 heteroatoms. The number of carbonyl (C=O) groups excluding carboxylic acids is 1. The molecule has 5 nitrogen and oxygen atoms in total. The lowest BCUT2D eigenvalue weighted by atomic mass is 10.1. The maximum Gasteiger partial charge on any atom is 0.255 e. The van der Waals surface area contributed by atoms with Gasteiger partial charge in [-0.2, -0.15) is 5.10 Å². The number of hydrogen-bond donors (Lipinski definition) is 2. The van der Waals surface area contributed by atoms with Crippen LogP contribution in [-0.4, -0.2) is 21.1 Å². The lowest BCUT2D eigenvalue weighted by Crippen LogP contribution is -2.12. The van der Waals surface area contributed by atoms with Gasteiger partial charge in [0.25, 0.3) is 5.91 Å². The standard InChI is InChI=1S/C17H15FN4OS/c1-11-2-7-14(18)8-15(11)21-16(23)13-5-3-12(4-6-13)9-24-17-19-10-20-22-17/h2-8,10H,9H2,1H3,(H,21,23)(H,19,20,22). The zero-order valence-corrected chi connectivity index (χ0v) is 13.7. The number of aromatic amines is 1. The van der Waals surface area contributed by atoms with Crippen LogP contribution in [0.1, 0.15) is 21.5 Å². The maximum atomic E-state index is 13.3. The van der Waals surface area contributed by atoms with Crippen LogP contribution in [0.2, 0.25) is 0 Å². The fourth-order valence-corrected chi connectivity index (χ4v) is 2.83. The molecule has 1 heterocycles. The molecule has 0 unspecified atom stereocenters. The largest absolute Gasteiger partial charge is 0.322 e. The lowest BCUT2D eigenvalue weighted by molar-refractivity contribution is 0.102.